The average Bonchev–Trinajstić information content (AvgIpc) is 2.34. The highest BCUT2D eigenvalue weighted by atomic mass is 16.6. The van der Waals surface area contributed by atoms with E-state index in [9.17, 15) is 9.59 Å². The zero-order chi connectivity index (χ0) is 8.43. The van der Waals surface area contributed by atoms with Crippen molar-refractivity contribution >= 4 is 11.9 Å². The molecule has 5 heteroatoms. The summed E-state index contributed by atoms with van der Waals surface area (Å²) in [5, 5.41) is 2.41. The number of hydrogen-bond donors (Lipinski definition) is 2. The Morgan fingerprint density at radius 1 is 1.91 bits per heavy atom. The number of amides is 1. The molecule has 11 heavy (non-hydrogen) atoms. The number of cyclic esters (lactones) is 1. The van der Waals surface area contributed by atoms with E-state index in [2.05, 4.69) is 10.1 Å². The molecule has 1 unspecified atom stereocenters. The second-order valence-electron chi connectivity index (χ2n) is 2.46. The first-order chi connectivity index (χ1) is 5.11. The molecule has 0 aromatic heterocycles. The maximum absolute atomic E-state index is 10.7. The molecule has 0 aromatic rings. The molecule has 0 saturated carbocycles. The number of carbonyl (C=O) groups excluding carboxylic acids is 2. The fraction of sp³-hybridized carbons (Fsp3) is 0.667. The van der Waals surface area contributed by atoms with Crippen LogP contribution in [-0.2, 0) is 9.53 Å². The SMILES string of the molecule is CC(=O)[C@@H](N)C1CNC(=O)O1. The normalized spacial score (nSPS) is 25.6. The lowest BCUT2D eigenvalue weighted by Gasteiger charge is -2.12. The van der Waals surface area contributed by atoms with Gasteiger partial charge in [0, 0.05) is 0 Å². The zero-order valence-electron chi connectivity index (χ0n) is 6.16. The molecule has 0 spiro atoms. The number of hydrogen-bond acceptors (Lipinski definition) is 4. The molecule has 5 nitrogen and oxygen atoms in total. The van der Waals surface area contributed by atoms with Gasteiger partial charge in [0.2, 0.25) is 0 Å². The Hall–Kier alpha value is -1.10. The van der Waals surface area contributed by atoms with Crippen LogP contribution in [0.5, 0.6) is 0 Å². The molecule has 0 aliphatic carbocycles. The van der Waals surface area contributed by atoms with Gasteiger partial charge in [0.15, 0.2) is 0 Å². The van der Waals surface area contributed by atoms with E-state index in [1.807, 2.05) is 0 Å². The molecule has 0 bridgehead atoms. The minimum atomic E-state index is -0.700. The van der Waals surface area contributed by atoms with E-state index in [1.165, 1.54) is 6.92 Å². The topological polar surface area (TPSA) is 81.4 Å². The van der Waals surface area contributed by atoms with Crippen LogP contribution in [0.2, 0.25) is 0 Å². The number of Topliss-reactive ketones (excluding diaryl/α,β-unsaturated/α-hetero) is 1. The van der Waals surface area contributed by atoms with Gasteiger partial charge >= 0.3 is 6.09 Å². The highest BCUT2D eigenvalue weighted by molar-refractivity contribution is 5.83. The molecule has 0 radical (unpaired) electrons. The Bertz CT molecular complexity index is 192. The largest absolute Gasteiger partial charge is 0.442 e. The van der Waals surface area contributed by atoms with E-state index in [-0.39, 0.29) is 5.78 Å². The quantitative estimate of drug-likeness (QED) is 0.540. The lowest BCUT2D eigenvalue weighted by molar-refractivity contribution is -0.120. The summed E-state index contributed by atoms with van der Waals surface area (Å²) in [6.07, 6.45) is -1.01. The van der Waals surface area contributed by atoms with E-state index >= 15 is 0 Å². The van der Waals surface area contributed by atoms with E-state index < -0.39 is 18.2 Å². The zero-order valence-corrected chi connectivity index (χ0v) is 6.16. The van der Waals surface area contributed by atoms with Crippen LogP contribution in [0.25, 0.3) is 0 Å². The van der Waals surface area contributed by atoms with Gasteiger partial charge in [0.25, 0.3) is 0 Å². The lowest BCUT2D eigenvalue weighted by atomic mass is 10.1. The maximum atomic E-state index is 10.7. The van der Waals surface area contributed by atoms with Gasteiger partial charge in [-0.25, -0.2) is 4.79 Å². The third-order valence-corrected chi connectivity index (χ3v) is 1.58. The molecule has 2 atom stereocenters. The second kappa shape index (κ2) is 2.87. The Kier molecular flexibility index (Phi) is 2.09. The van der Waals surface area contributed by atoms with Gasteiger partial charge < -0.3 is 15.8 Å². The third-order valence-electron chi connectivity index (χ3n) is 1.58. The van der Waals surface area contributed by atoms with Crippen LogP contribution >= 0.6 is 0 Å². The van der Waals surface area contributed by atoms with Gasteiger partial charge in [-0.2, -0.15) is 0 Å². The molecule has 1 amide bonds. The highest BCUT2D eigenvalue weighted by Gasteiger charge is 2.30. The first-order valence-corrected chi connectivity index (χ1v) is 3.32. The molecule has 1 rings (SSSR count). The fourth-order valence-corrected chi connectivity index (χ4v) is 0.867. The van der Waals surface area contributed by atoms with Crippen LogP contribution in [0.1, 0.15) is 6.92 Å². The van der Waals surface area contributed by atoms with Crippen molar-refractivity contribution in [2.24, 2.45) is 5.73 Å². The van der Waals surface area contributed by atoms with Crippen LogP contribution in [0.15, 0.2) is 0 Å². The Balaban J connectivity index is 2.49. The predicted octanol–water partition coefficient (Wildman–Crippen LogP) is -0.989. The summed E-state index contributed by atoms with van der Waals surface area (Å²) in [7, 11) is 0. The molecule has 1 fully saturated rings. The summed E-state index contributed by atoms with van der Waals surface area (Å²) in [6.45, 7) is 1.69. The van der Waals surface area contributed by atoms with Crippen molar-refractivity contribution in [1.29, 1.82) is 0 Å². The van der Waals surface area contributed by atoms with Crippen molar-refractivity contribution in [2.75, 3.05) is 6.54 Å². The summed E-state index contributed by atoms with van der Waals surface area (Å²) in [5.74, 6) is -0.175. The molecular weight excluding hydrogens is 148 g/mol. The summed E-state index contributed by atoms with van der Waals surface area (Å²) in [4.78, 5) is 21.2. The van der Waals surface area contributed by atoms with Gasteiger partial charge in [0.1, 0.15) is 17.9 Å². The van der Waals surface area contributed by atoms with Crippen molar-refractivity contribution in [3.63, 3.8) is 0 Å². The average molecular weight is 158 g/mol. The Morgan fingerprint density at radius 3 is 2.91 bits per heavy atom. The molecule has 3 N–H and O–H groups in total. The van der Waals surface area contributed by atoms with Crippen molar-refractivity contribution in [2.45, 2.75) is 19.1 Å². The maximum Gasteiger partial charge on any atom is 0.407 e. The van der Waals surface area contributed by atoms with Crippen molar-refractivity contribution in [3.05, 3.63) is 0 Å². The lowest BCUT2D eigenvalue weighted by Crippen LogP contribution is -2.42. The molecule has 1 aliphatic rings. The summed E-state index contributed by atoms with van der Waals surface area (Å²) >= 11 is 0. The van der Waals surface area contributed by atoms with Gasteiger partial charge in [-0.05, 0) is 6.92 Å². The molecule has 0 aromatic carbocycles. The van der Waals surface area contributed by atoms with Gasteiger partial charge in [-0.3, -0.25) is 4.79 Å². The minimum absolute atomic E-state index is 0.175. The monoisotopic (exact) mass is 158 g/mol. The van der Waals surface area contributed by atoms with Gasteiger partial charge in [0.05, 0.1) is 6.54 Å². The Labute approximate surface area is 63.9 Å². The Morgan fingerprint density at radius 2 is 2.55 bits per heavy atom. The second-order valence-corrected chi connectivity index (χ2v) is 2.46. The number of ketones is 1. The number of rotatable bonds is 2. The highest BCUT2D eigenvalue weighted by Crippen LogP contribution is 2.03. The van der Waals surface area contributed by atoms with E-state index in [0.29, 0.717) is 6.54 Å². The number of carbonyl (C=O) groups is 2. The van der Waals surface area contributed by atoms with Crippen LogP contribution in [0.3, 0.4) is 0 Å². The molecule has 1 heterocycles. The number of ether oxygens (including phenoxy) is 1. The summed E-state index contributed by atoms with van der Waals surface area (Å²) < 4.78 is 4.69. The molecule has 1 saturated heterocycles. The molecule has 62 valence electrons. The van der Waals surface area contributed by atoms with Crippen molar-refractivity contribution < 1.29 is 14.3 Å². The molecular formula is C6H10N2O3. The van der Waals surface area contributed by atoms with E-state index in [0.717, 1.165) is 0 Å². The third kappa shape index (κ3) is 1.68. The minimum Gasteiger partial charge on any atom is -0.442 e. The number of nitrogens with two attached hydrogens (primary N) is 1. The van der Waals surface area contributed by atoms with Crippen LogP contribution in [-0.4, -0.2) is 30.6 Å². The predicted molar refractivity (Wildman–Crippen MR) is 36.9 cm³/mol. The number of nitrogens with one attached hydrogen (secondary N) is 1. The summed E-state index contributed by atoms with van der Waals surface area (Å²) in [5.41, 5.74) is 5.42. The smallest absolute Gasteiger partial charge is 0.407 e. The first kappa shape index (κ1) is 8.00. The standard InChI is InChI=1S/C6H10N2O3/c1-3(9)5(7)4-2-8-6(10)11-4/h4-5H,2,7H2,1H3,(H,8,10)/t4?,5-/m1/s1. The number of alkyl carbamates (subject to hydrolysis) is 1. The summed E-state index contributed by atoms with van der Waals surface area (Å²) in [6, 6.07) is -0.700. The van der Waals surface area contributed by atoms with Crippen LogP contribution < -0.4 is 11.1 Å². The van der Waals surface area contributed by atoms with Crippen LogP contribution in [0, 0.1) is 0 Å². The van der Waals surface area contributed by atoms with Crippen molar-refractivity contribution in [3.8, 4) is 0 Å². The van der Waals surface area contributed by atoms with Crippen molar-refractivity contribution in [1.82, 2.24) is 5.32 Å². The van der Waals surface area contributed by atoms with E-state index in [4.69, 9.17) is 5.73 Å². The van der Waals surface area contributed by atoms with Crippen LogP contribution in [0.4, 0.5) is 4.79 Å². The fourth-order valence-electron chi connectivity index (χ4n) is 0.867. The van der Waals surface area contributed by atoms with E-state index in [1.54, 1.807) is 0 Å². The molecule has 1 aliphatic heterocycles. The first-order valence-electron chi connectivity index (χ1n) is 3.32. The van der Waals surface area contributed by atoms with Gasteiger partial charge in [-0.1, -0.05) is 0 Å². The van der Waals surface area contributed by atoms with Gasteiger partial charge in [-0.15, -0.1) is 0 Å².